The zero-order chi connectivity index (χ0) is 16.1. The van der Waals surface area contributed by atoms with E-state index in [0.717, 1.165) is 0 Å². The molecule has 0 aliphatic carbocycles. The van der Waals surface area contributed by atoms with Crippen LogP contribution in [-0.2, 0) is 14.3 Å². The van der Waals surface area contributed by atoms with E-state index in [4.69, 9.17) is 17.0 Å². The molecule has 0 spiro atoms. The van der Waals surface area contributed by atoms with E-state index in [1.54, 1.807) is 25.1 Å². The van der Waals surface area contributed by atoms with Crippen LogP contribution in [0.4, 0.5) is 4.39 Å². The predicted octanol–water partition coefficient (Wildman–Crippen LogP) is 2.98. The molecule has 0 unspecified atom stereocenters. The van der Waals surface area contributed by atoms with Crippen LogP contribution in [0, 0.1) is 5.82 Å². The third-order valence-corrected chi connectivity index (χ3v) is 4.26. The number of nitrogens with zero attached hydrogens (tertiary/aromatic N) is 1. The monoisotopic (exact) mass is 339 g/mol. The summed E-state index contributed by atoms with van der Waals surface area (Å²) in [5.41, 5.74) is 0.715. The lowest BCUT2D eigenvalue weighted by molar-refractivity contribution is -0.143. The summed E-state index contributed by atoms with van der Waals surface area (Å²) >= 11 is 6.33. The number of rotatable bonds is 5. The van der Waals surface area contributed by atoms with Crippen molar-refractivity contribution in [3.05, 3.63) is 40.6 Å². The van der Waals surface area contributed by atoms with Crippen LogP contribution in [-0.4, -0.2) is 34.2 Å². The zero-order valence-corrected chi connectivity index (χ0v) is 13.5. The molecule has 116 valence electrons. The van der Waals surface area contributed by atoms with Gasteiger partial charge < -0.3 is 4.74 Å². The van der Waals surface area contributed by atoms with Crippen LogP contribution in [0.2, 0.25) is 0 Å². The first-order valence-corrected chi connectivity index (χ1v) is 7.90. The fourth-order valence-corrected chi connectivity index (χ4v) is 3.15. The van der Waals surface area contributed by atoms with E-state index in [-0.39, 0.29) is 30.7 Å². The molecule has 1 aliphatic rings. The molecule has 1 aromatic rings. The van der Waals surface area contributed by atoms with Crippen LogP contribution < -0.4 is 0 Å². The van der Waals surface area contributed by atoms with E-state index < -0.39 is 0 Å². The van der Waals surface area contributed by atoms with Crippen LogP contribution in [0.5, 0.6) is 0 Å². The molecule has 0 bridgehead atoms. The molecule has 1 amide bonds. The van der Waals surface area contributed by atoms with Gasteiger partial charge in [0.05, 0.1) is 17.9 Å². The molecule has 0 aromatic heterocycles. The van der Waals surface area contributed by atoms with Gasteiger partial charge in [-0.1, -0.05) is 36.1 Å². The molecule has 0 radical (unpaired) electrons. The minimum atomic E-state index is -0.362. The molecule has 1 aromatic carbocycles. The molecule has 0 N–H and O–H groups in total. The molecular weight excluding hydrogens is 325 g/mol. The number of thioether (sulfide) groups is 1. The van der Waals surface area contributed by atoms with Crippen molar-refractivity contribution in [3.63, 3.8) is 0 Å². The van der Waals surface area contributed by atoms with Crippen LogP contribution in [0.25, 0.3) is 6.08 Å². The molecular formula is C15H14FNO3S2. The maximum Gasteiger partial charge on any atom is 0.307 e. The Morgan fingerprint density at radius 3 is 2.73 bits per heavy atom. The standard InChI is InChI=1S/C15H14FNO3S2/c1-2-20-13(18)7-8-17-14(19)12(22-15(17)21)9-10-3-5-11(16)6-4-10/h3-6,9H,2,7-8H2,1H3. The van der Waals surface area contributed by atoms with Gasteiger partial charge in [-0.05, 0) is 30.7 Å². The van der Waals surface area contributed by atoms with Gasteiger partial charge in [0.25, 0.3) is 5.91 Å². The summed E-state index contributed by atoms with van der Waals surface area (Å²) in [6.07, 6.45) is 1.76. The van der Waals surface area contributed by atoms with Crippen molar-refractivity contribution in [2.45, 2.75) is 13.3 Å². The Hall–Kier alpha value is -1.73. The van der Waals surface area contributed by atoms with Gasteiger partial charge in [-0.25, -0.2) is 4.39 Å². The van der Waals surface area contributed by atoms with E-state index >= 15 is 0 Å². The van der Waals surface area contributed by atoms with Crippen LogP contribution in [0.1, 0.15) is 18.9 Å². The molecule has 0 atom stereocenters. The Kier molecular flexibility index (Phi) is 5.68. The predicted molar refractivity (Wildman–Crippen MR) is 87.5 cm³/mol. The highest BCUT2D eigenvalue weighted by Gasteiger charge is 2.32. The number of carbonyl (C=O) groups excluding carboxylic acids is 2. The van der Waals surface area contributed by atoms with Gasteiger partial charge in [-0.2, -0.15) is 0 Å². The summed E-state index contributed by atoms with van der Waals surface area (Å²) in [6, 6.07) is 5.82. The molecule has 1 heterocycles. The minimum Gasteiger partial charge on any atom is -0.466 e. The molecule has 1 saturated heterocycles. The quantitative estimate of drug-likeness (QED) is 0.469. The van der Waals surface area contributed by atoms with Gasteiger partial charge in [0.1, 0.15) is 10.1 Å². The van der Waals surface area contributed by atoms with Gasteiger partial charge >= 0.3 is 5.97 Å². The van der Waals surface area contributed by atoms with E-state index in [1.807, 2.05) is 0 Å². The van der Waals surface area contributed by atoms with Crippen molar-refractivity contribution in [1.82, 2.24) is 4.90 Å². The summed E-state index contributed by atoms with van der Waals surface area (Å²) in [7, 11) is 0. The number of thiocarbonyl (C=S) groups is 1. The van der Waals surface area contributed by atoms with Crippen molar-refractivity contribution in [2.75, 3.05) is 13.2 Å². The fraction of sp³-hybridized carbons (Fsp3) is 0.267. The maximum atomic E-state index is 12.9. The summed E-state index contributed by atoms with van der Waals surface area (Å²) in [5, 5.41) is 0. The second-order valence-corrected chi connectivity index (χ2v) is 6.12. The first kappa shape index (κ1) is 16.6. The van der Waals surface area contributed by atoms with E-state index in [1.165, 1.54) is 28.8 Å². The molecule has 2 rings (SSSR count). The molecule has 1 fully saturated rings. The van der Waals surface area contributed by atoms with Gasteiger partial charge in [-0.3, -0.25) is 14.5 Å². The van der Waals surface area contributed by atoms with Gasteiger partial charge in [-0.15, -0.1) is 0 Å². The van der Waals surface area contributed by atoms with Crippen LogP contribution >= 0.6 is 24.0 Å². The second-order valence-electron chi connectivity index (χ2n) is 4.44. The summed E-state index contributed by atoms with van der Waals surface area (Å²) in [5.74, 6) is -0.943. The van der Waals surface area contributed by atoms with Gasteiger partial charge in [0.2, 0.25) is 0 Å². The van der Waals surface area contributed by atoms with Crippen molar-refractivity contribution in [1.29, 1.82) is 0 Å². The first-order valence-electron chi connectivity index (χ1n) is 6.68. The summed E-state index contributed by atoms with van der Waals surface area (Å²) < 4.78 is 18.1. The lowest BCUT2D eigenvalue weighted by atomic mass is 10.2. The molecule has 7 heteroatoms. The Morgan fingerprint density at radius 2 is 2.09 bits per heavy atom. The molecule has 0 saturated carbocycles. The molecule has 4 nitrogen and oxygen atoms in total. The molecule has 22 heavy (non-hydrogen) atoms. The maximum absolute atomic E-state index is 12.9. The number of halogens is 1. The van der Waals surface area contributed by atoms with E-state index in [0.29, 0.717) is 21.4 Å². The van der Waals surface area contributed by atoms with Crippen molar-refractivity contribution < 1.29 is 18.7 Å². The number of ether oxygens (including phenoxy) is 1. The van der Waals surface area contributed by atoms with E-state index in [2.05, 4.69) is 0 Å². The van der Waals surface area contributed by atoms with Crippen molar-refractivity contribution >= 4 is 46.3 Å². The van der Waals surface area contributed by atoms with Crippen molar-refractivity contribution in [3.8, 4) is 0 Å². The Labute approximate surface area is 137 Å². The third-order valence-electron chi connectivity index (χ3n) is 2.89. The van der Waals surface area contributed by atoms with Gasteiger partial charge in [0, 0.05) is 6.54 Å². The first-order chi connectivity index (χ1) is 10.5. The lowest BCUT2D eigenvalue weighted by Gasteiger charge is -2.13. The number of benzene rings is 1. The number of hydrogen-bond acceptors (Lipinski definition) is 5. The summed E-state index contributed by atoms with van der Waals surface area (Å²) in [6.45, 7) is 2.23. The highest BCUT2D eigenvalue weighted by molar-refractivity contribution is 8.26. The normalized spacial score (nSPS) is 16.5. The minimum absolute atomic E-state index is 0.101. The van der Waals surface area contributed by atoms with E-state index in [9.17, 15) is 14.0 Å². The third kappa shape index (κ3) is 4.14. The highest BCUT2D eigenvalue weighted by atomic mass is 32.2. The highest BCUT2D eigenvalue weighted by Crippen LogP contribution is 2.32. The Morgan fingerprint density at radius 1 is 1.41 bits per heavy atom. The molecule has 1 aliphatic heterocycles. The number of carbonyl (C=O) groups is 2. The fourth-order valence-electron chi connectivity index (χ4n) is 1.84. The number of amides is 1. The lowest BCUT2D eigenvalue weighted by Crippen LogP contribution is -2.30. The summed E-state index contributed by atoms with van der Waals surface area (Å²) in [4.78, 5) is 25.5. The Balaban J connectivity index is 2.05. The average Bonchev–Trinajstić information content (AvgIpc) is 2.74. The smallest absolute Gasteiger partial charge is 0.307 e. The number of esters is 1. The average molecular weight is 339 g/mol. The Bertz CT molecular complexity index is 628. The SMILES string of the molecule is CCOC(=O)CCN1C(=O)C(=Cc2ccc(F)cc2)SC1=S. The van der Waals surface area contributed by atoms with Gasteiger partial charge in [0.15, 0.2) is 0 Å². The second kappa shape index (κ2) is 7.51. The topological polar surface area (TPSA) is 46.6 Å². The number of hydrogen-bond donors (Lipinski definition) is 0. The van der Waals surface area contributed by atoms with Crippen molar-refractivity contribution in [2.24, 2.45) is 0 Å². The zero-order valence-electron chi connectivity index (χ0n) is 11.9. The van der Waals surface area contributed by atoms with Crippen LogP contribution in [0.3, 0.4) is 0 Å². The largest absolute Gasteiger partial charge is 0.466 e. The van der Waals surface area contributed by atoms with Crippen LogP contribution in [0.15, 0.2) is 29.2 Å².